The molecule has 0 radical (unpaired) electrons. The van der Waals surface area contributed by atoms with Crippen LogP contribution in [0, 0.1) is 0 Å². The summed E-state index contributed by atoms with van der Waals surface area (Å²) in [4.78, 5) is 0. The fraction of sp³-hybridized carbons (Fsp3) is 1.00. The van der Waals surface area contributed by atoms with Crippen molar-refractivity contribution in [2.24, 2.45) is 0 Å². The first-order valence-electron chi connectivity index (χ1n) is 4.38. The van der Waals surface area contributed by atoms with Crippen molar-refractivity contribution in [2.75, 3.05) is 13.3 Å². The number of hydrogen-bond donors (Lipinski definition) is 0. The van der Waals surface area contributed by atoms with Crippen molar-refractivity contribution in [1.29, 1.82) is 0 Å². The van der Waals surface area contributed by atoms with Crippen LogP contribution in [0.1, 0.15) is 0 Å². The molecule has 78 valence electrons. The van der Waals surface area contributed by atoms with E-state index in [4.69, 9.17) is 18.6 Å². The Hall–Kier alpha value is 5.73. The van der Waals surface area contributed by atoms with Gasteiger partial charge in [0.25, 0.3) is 0 Å². The zero-order valence-corrected chi connectivity index (χ0v) is 21.6. The third-order valence-corrected chi connectivity index (χ3v) is 268. The summed E-state index contributed by atoms with van der Waals surface area (Å²) in [5.41, 5.74) is 0. The summed E-state index contributed by atoms with van der Waals surface area (Å²) >= 11 is 1.14. The maximum absolute atomic E-state index is 7.07. The molecule has 1 aliphatic heterocycles. The molecule has 0 aromatic rings. The molecule has 14 heavy (non-hydrogen) atoms. The molecule has 1 fully saturated rings. The van der Waals surface area contributed by atoms with E-state index in [2.05, 4.69) is 23.8 Å². The van der Waals surface area contributed by atoms with E-state index in [-0.39, 0.29) is 25.5 Å². The zero-order valence-electron chi connectivity index (χ0n) is 8.76. The van der Waals surface area contributed by atoms with Crippen LogP contribution in [0.25, 0.3) is 0 Å². The zero-order chi connectivity index (χ0) is 11.1. The van der Waals surface area contributed by atoms with E-state index >= 15 is 0 Å². The van der Waals surface area contributed by atoms with Gasteiger partial charge in [-0.05, 0) is 0 Å². The van der Waals surface area contributed by atoms with Gasteiger partial charge in [0.1, 0.15) is 0 Å². The quantitative estimate of drug-likeness (QED) is 0.412. The van der Waals surface area contributed by atoms with Crippen LogP contribution in [0.4, 0.5) is 0 Å². The standard InChI is InChI=1S/2CH4P.2CH3.2ClH.6Ti/c2*1-2;;;;;;;;;;/h2*2H,1H3;2*1H3;2*1H;;;;;;/q2*-1;;;;;;;;;+1;+3/p-2. The van der Waals surface area contributed by atoms with E-state index in [1.165, 1.54) is 6.57 Å². The van der Waals surface area contributed by atoms with Crippen molar-refractivity contribution >= 4 is 31.8 Å². The molecule has 0 aliphatic carbocycles. The molecule has 0 aromatic carbocycles. The summed E-state index contributed by atoms with van der Waals surface area (Å²) in [5, 5.41) is 5.40. The molecule has 0 amide bonds. The van der Waals surface area contributed by atoms with Gasteiger partial charge in [0.15, 0.2) is 0 Å². The minimum absolute atomic E-state index is 0.233. The molecule has 1 heterocycles. The predicted octanol–water partition coefficient (Wildman–Crippen LogP) is 4.05. The van der Waals surface area contributed by atoms with Crippen LogP contribution in [0.3, 0.4) is 0 Å². The molecule has 2 atom stereocenters. The molecule has 1 aliphatic rings. The van der Waals surface area contributed by atoms with Gasteiger partial charge in [0, 0.05) is 0 Å². The van der Waals surface area contributed by atoms with Crippen molar-refractivity contribution in [3.8, 4) is 0 Å². The van der Waals surface area contributed by atoms with Crippen LogP contribution < -0.4 is 0 Å². The monoisotopic (exact) mass is 482 g/mol. The first kappa shape index (κ1) is 17.8. The number of hydrogen-bond acceptors (Lipinski definition) is 0. The Kier molecular flexibility index (Phi) is 8.45. The fourth-order valence-electron chi connectivity index (χ4n) is 1.42. The number of rotatable bonds is 2. The van der Waals surface area contributed by atoms with Crippen molar-refractivity contribution in [3.05, 3.63) is 0 Å². The Balaban J connectivity index is 2.91. The Morgan fingerprint density at radius 2 is 1.86 bits per heavy atom. The molecule has 1 rings (SSSR count). The number of halogens is 2. The van der Waals surface area contributed by atoms with Gasteiger partial charge in [0.2, 0.25) is 0 Å². The molecule has 0 N–H and O–H groups in total. The van der Waals surface area contributed by atoms with Gasteiger partial charge in [-0.3, -0.25) is 0 Å². The van der Waals surface area contributed by atoms with E-state index in [1.54, 1.807) is 0 Å². The van der Waals surface area contributed by atoms with Gasteiger partial charge in [0.05, 0.1) is 0 Å². The van der Waals surface area contributed by atoms with Crippen LogP contribution in [0.5, 0.6) is 0 Å². The first-order valence-corrected chi connectivity index (χ1v) is 43.5. The molecule has 0 bridgehead atoms. The van der Waals surface area contributed by atoms with Crippen LogP contribution >= 0.6 is 31.8 Å². The van der Waals surface area contributed by atoms with Crippen molar-refractivity contribution < 1.29 is 65.6 Å². The van der Waals surface area contributed by atoms with Gasteiger partial charge >= 0.3 is 121 Å². The second-order valence-corrected chi connectivity index (χ2v) is 132. The first-order chi connectivity index (χ1) is 6.19. The Morgan fingerprint density at radius 3 is 2.29 bits per heavy atom. The van der Waals surface area contributed by atoms with Gasteiger partial charge in [-0.1, -0.05) is 0 Å². The van der Waals surface area contributed by atoms with Crippen LogP contribution in [-0.2, 0) is 65.6 Å². The second-order valence-electron chi connectivity index (χ2n) is 3.89. The van der Waals surface area contributed by atoms with E-state index < -0.39 is 27.4 Å². The normalized spacial score (nSPS) is 31.9. The summed E-state index contributed by atoms with van der Waals surface area (Å²) < 4.78 is 0. The molecule has 10 heteroatoms. The summed E-state index contributed by atoms with van der Waals surface area (Å²) in [7, 11) is 12.4. The average Bonchev–Trinajstić information content (AvgIpc) is 2.00. The van der Waals surface area contributed by atoms with E-state index in [9.17, 15) is 0 Å². The van der Waals surface area contributed by atoms with Crippen molar-refractivity contribution in [2.45, 2.75) is 10.5 Å². The summed E-state index contributed by atoms with van der Waals surface area (Å²) in [6, 6.07) is 0. The molecule has 0 aromatic heterocycles. The second kappa shape index (κ2) is 6.66. The SMILES string of the molecule is C[PH][Ti]1[Ti][Ti]([CH3])([CH3])[Ti][Ti]([Cl])([Cl])([PH]C)[Ti]1. The topological polar surface area (TPSA) is 0 Å². The molecular weight excluding hydrogens is 468 g/mol. The van der Waals surface area contributed by atoms with Crippen LogP contribution in [0.2, 0.25) is 10.5 Å². The van der Waals surface area contributed by atoms with Crippen molar-refractivity contribution in [3.63, 3.8) is 0 Å². The van der Waals surface area contributed by atoms with Crippen LogP contribution in [0.15, 0.2) is 0 Å². The summed E-state index contributed by atoms with van der Waals surface area (Å²) in [6.45, 7) is 7.19. The summed E-state index contributed by atoms with van der Waals surface area (Å²) in [6.07, 6.45) is -2.58. The summed E-state index contributed by atoms with van der Waals surface area (Å²) in [5.74, 6) is 0. The Labute approximate surface area is 117 Å². The van der Waals surface area contributed by atoms with E-state index in [0.29, 0.717) is 12.7 Å². The van der Waals surface area contributed by atoms with E-state index in [0.717, 1.165) is 6.57 Å². The molecular formula is C4H14Cl2P2Ti6. The Bertz CT molecular complexity index is 236. The molecule has 0 saturated carbocycles. The maximum atomic E-state index is 7.07. The van der Waals surface area contributed by atoms with E-state index in [1.807, 2.05) is 0 Å². The molecule has 0 nitrogen and oxygen atoms in total. The third-order valence-electron chi connectivity index (χ3n) is 2.00. The third kappa shape index (κ3) is 5.61. The van der Waals surface area contributed by atoms with Crippen LogP contribution in [-0.4, -0.2) is 13.3 Å². The van der Waals surface area contributed by atoms with Gasteiger partial charge in [-0.2, -0.15) is 0 Å². The van der Waals surface area contributed by atoms with Gasteiger partial charge in [-0.15, -0.1) is 0 Å². The minimum atomic E-state index is -2.58. The Morgan fingerprint density at radius 1 is 1.29 bits per heavy atom. The molecule has 2 unspecified atom stereocenters. The molecule has 1 saturated heterocycles. The fourth-order valence-corrected chi connectivity index (χ4v) is 680. The van der Waals surface area contributed by atoms with Crippen molar-refractivity contribution in [1.82, 2.24) is 0 Å². The van der Waals surface area contributed by atoms with Gasteiger partial charge < -0.3 is 0 Å². The van der Waals surface area contributed by atoms with Gasteiger partial charge in [-0.25, -0.2) is 0 Å². The predicted molar refractivity (Wildman–Crippen MR) is 51.9 cm³/mol. The average molecular weight is 482 g/mol. The molecule has 0 spiro atoms.